The summed E-state index contributed by atoms with van der Waals surface area (Å²) < 4.78 is 5.48. The fourth-order valence-electron chi connectivity index (χ4n) is 5.18. The second kappa shape index (κ2) is 10.4. The summed E-state index contributed by atoms with van der Waals surface area (Å²) in [5.74, 6) is -2.34. The zero-order chi connectivity index (χ0) is 25.9. The number of likely N-dealkylation sites (tertiary alicyclic amines) is 1. The Morgan fingerprint density at radius 3 is 2.19 bits per heavy atom. The van der Waals surface area contributed by atoms with Crippen LogP contribution in [0, 0.1) is 0 Å². The van der Waals surface area contributed by atoms with Crippen molar-refractivity contribution in [1.29, 1.82) is 0 Å². The molecular weight excluding hydrogens is 478 g/mol. The summed E-state index contributed by atoms with van der Waals surface area (Å²) in [7, 11) is 0. The van der Waals surface area contributed by atoms with Gasteiger partial charge >= 0.3 is 12.1 Å². The summed E-state index contributed by atoms with van der Waals surface area (Å²) in [6.07, 6.45) is 0.309. The van der Waals surface area contributed by atoms with Gasteiger partial charge in [-0.3, -0.25) is 14.4 Å². The van der Waals surface area contributed by atoms with E-state index in [1.165, 1.54) is 4.90 Å². The van der Waals surface area contributed by atoms with Crippen LogP contribution in [-0.2, 0) is 28.8 Å². The van der Waals surface area contributed by atoms with E-state index in [4.69, 9.17) is 9.57 Å². The van der Waals surface area contributed by atoms with E-state index in [-0.39, 0.29) is 44.2 Å². The van der Waals surface area contributed by atoms with Crippen LogP contribution in [0.4, 0.5) is 4.79 Å². The Bertz CT molecular complexity index is 1200. The third-order valence-corrected chi connectivity index (χ3v) is 6.98. The van der Waals surface area contributed by atoms with Crippen molar-refractivity contribution in [2.24, 2.45) is 0 Å². The number of nitrogens with zero attached hydrogens (tertiary/aromatic N) is 2. The first kappa shape index (κ1) is 24.5. The molecule has 5 rings (SSSR count). The van der Waals surface area contributed by atoms with Gasteiger partial charge in [-0.1, -0.05) is 48.5 Å². The normalized spacial score (nSPS) is 18.5. The van der Waals surface area contributed by atoms with E-state index >= 15 is 0 Å². The molecule has 0 saturated carbocycles. The van der Waals surface area contributed by atoms with E-state index in [1.807, 2.05) is 36.4 Å². The SMILES string of the molecule is O=C(NCCC(=O)N1CCC[C@H]1C(=O)ON1C(=O)CCC1=O)OCC1c2ccccc2-c2ccccc21. The zero-order valence-electron chi connectivity index (χ0n) is 20.2. The quantitative estimate of drug-likeness (QED) is 0.574. The number of hydrogen-bond donors (Lipinski definition) is 1. The smallest absolute Gasteiger partial charge is 0.407 e. The molecule has 2 aliphatic heterocycles. The number of hydrogen-bond acceptors (Lipinski definition) is 7. The lowest BCUT2D eigenvalue weighted by molar-refractivity contribution is -0.200. The van der Waals surface area contributed by atoms with Crippen LogP contribution in [0.3, 0.4) is 0 Å². The Hall–Kier alpha value is -4.21. The van der Waals surface area contributed by atoms with Crippen molar-refractivity contribution in [1.82, 2.24) is 15.3 Å². The molecule has 10 nitrogen and oxygen atoms in total. The largest absolute Gasteiger partial charge is 0.449 e. The highest BCUT2D eigenvalue weighted by molar-refractivity contribution is 6.02. The van der Waals surface area contributed by atoms with Crippen LogP contribution in [0.5, 0.6) is 0 Å². The van der Waals surface area contributed by atoms with Gasteiger partial charge in [0, 0.05) is 38.3 Å². The van der Waals surface area contributed by atoms with Gasteiger partial charge in [0.25, 0.3) is 11.8 Å². The summed E-state index contributed by atoms with van der Waals surface area (Å²) in [6.45, 7) is 0.560. The number of carbonyl (C=O) groups excluding carboxylic acids is 5. The van der Waals surface area contributed by atoms with E-state index in [1.54, 1.807) is 0 Å². The van der Waals surface area contributed by atoms with Crippen molar-refractivity contribution in [2.75, 3.05) is 19.7 Å². The van der Waals surface area contributed by atoms with Gasteiger partial charge in [0.15, 0.2) is 0 Å². The Kier molecular flexibility index (Phi) is 6.89. The fourth-order valence-corrected chi connectivity index (χ4v) is 5.18. The molecule has 2 heterocycles. The van der Waals surface area contributed by atoms with E-state index in [0.29, 0.717) is 24.4 Å². The van der Waals surface area contributed by atoms with Crippen LogP contribution >= 0.6 is 0 Å². The molecule has 1 atom stereocenters. The highest BCUT2D eigenvalue weighted by Crippen LogP contribution is 2.44. The average molecular weight is 506 g/mol. The Balaban J connectivity index is 1.09. The molecule has 0 radical (unpaired) electrons. The van der Waals surface area contributed by atoms with Gasteiger partial charge in [-0.15, -0.1) is 5.06 Å². The summed E-state index contributed by atoms with van der Waals surface area (Å²) in [5, 5.41) is 3.09. The van der Waals surface area contributed by atoms with Gasteiger partial charge in [0.05, 0.1) is 0 Å². The molecule has 10 heteroatoms. The second-order valence-corrected chi connectivity index (χ2v) is 9.24. The molecule has 4 amide bonds. The molecule has 2 aromatic carbocycles. The van der Waals surface area contributed by atoms with Gasteiger partial charge < -0.3 is 19.8 Å². The Morgan fingerprint density at radius 1 is 0.919 bits per heavy atom. The lowest BCUT2D eigenvalue weighted by atomic mass is 9.98. The van der Waals surface area contributed by atoms with E-state index < -0.39 is 29.9 Å². The standard InChI is InChI=1S/C27H27N3O7/c31-23(29-15-5-10-22(29)26(34)37-30-24(32)11-12-25(30)33)13-14-28-27(35)36-16-21-19-8-3-1-6-17(19)18-7-2-4-9-20(18)21/h1-4,6-9,21-22H,5,10-16H2,(H,28,35)/t22-/m0/s1. The number of benzene rings is 2. The van der Waals surface area contributed by atoms with Crippen LogP contribution in [0.15, 0.2) is 48.5 Å². The molecule has 192 valence electrons. The number of rotatable bonds is 7. The van der Waals surface area contributed by atoms with Crippen LogP contribution in [0.1, 0.15) is 49.1 Å². The molecule has 2 fully saturated rings. The molecule has 1 aliphatic carbocycles. The fraction of sp³-hybridized carbons (Fsp3) is 0.370. The molecule has 2 aromatic rings. The van der Waals surface area contributed by atoms with Crippen molar-refractivity contribution in [2.45, 2.75) is 44.1 Å². The number of hydroxylamine groups is 2. The Morgan fingerprint density at radius 2 is 1.54 bits per heavy atom. The first-order valence-corrected chi connectivity index (χ1v) is 12.4. The second-order valence-electron chi connectivity index (χ2n) is 9.24. The molecule has 37 heavy (non-hydrogen) atoms. The molecular formula is C27H27N3O7. The van der Waals surface area contributed by atoms with Gasteiger partial charge in [-0.05, 0) is 35.1 Å². The van der Waals surface area contributed by atoms with E-state index in [0.717, 1.165) is 22.3 Å². The predicted molar refractivity (Wildman–Crippen MR) is 130 cm³/mol. The lowest BCUT2D eigenvalue weighted by Crippen LogP contribution is -2.45. The molecule has 0 aromatic heterocycles. The highest BCUT2D eigenvalue weighted by atomic mass is 16.7. The molecule has 0 bridgehead atoms. The van der Waals surface area contributed by atoms with Crippen LogP contribution < -0.4 is 5.32 Å². The summed E-state index contributed by atoms with van der Waals surface area (Å²) >= 11 is 0. The number of nitrogens with one attached hydrogen (secondary N) is 1. The minimum atomic E-state index is -0.872. The number of alkyl carbamates (subject to hydrolysis) is 1. The van der Waals surface area contributed by atoms with Gasteiger partial charge in [-0.25, -0.2) is 9.59 Å². The maximum absolute atomic E-state index is 12.7. The zero-order valence-corrected chi connectivity index (χ0v) is 20.2. The van der Waals surface area contributed by atoms with Gasteiger partial charge in [-0.2, -0.15) is 0 Å². The van der Waals surface area contributed by atoms with Gasteiger partial charge in [0.2, 0.25) is 5.91 Å². The molecule has 1 N–H and O–H groups in total. The number of fused-ring (bicyclic) bond motifs is 3. The topological polar surface area (TPSA) is 122 Å². The van der Waals surface area contributed by atoms with E-state index in [9.17, 15) is 24.0 Å². The monoisotopic (exact) mass is 505 g/mol. The predicted octanol–water partition coefficient (Wildman–Crippen LogP) is 2.51. The lowest BCUT2D eigenvalue weighted by Gasteiger charge is -2.24. The third kappa shape index (κ3) is 4.91. The molecule has 3 aliphatic rings. The number of ether oxygens (including phenoxy) is 1. The summed E-state index contributed by atoms with van der Waals surface area (Å²) in [6, 6.07) is 15.2. The average Bonchev–Trinajstić information content (AvgIpc) is 3.60. The molecule has 0 unspecified atom stereocenters. The van der Waals surface area contributed by atoms with Crippen molar-refractivity contribution < 1.29 is 33.5 Å². The van der Waals surface area contributed by atoms with Gasteiger partial charge in [0.1, 0.15) is 12.6 Å². The van der Waals surface area contributed by atoms with Crippen LogP contribution in [0.25, 0.3) is 11.1 Å². The summed E-state index contributed by atoms with van der Waals surface area (Å²) in [4.78, 5) is 67.4. The molecule has 2 saturated heterocycles. The maximum atomic E-state index is 12.7. The highest BCUT2D eigenvalue weighted by Gasteiger charge is 2.40. The van der Waals surface area contributed by atoms with Crippen molar-refractivity contribution in [3.63, 3.8) is 0 Å². The van der Waals surface area contributed by atoms with Crippen molar-refractivity contribution in [3.8, 4) is 11.1 Å². The minimum absolute atomic E-state index is 0.000955. The van der Waals surface area contributed by atoms with Crippen molar-refractivity contribution in [3.05, 3.63) is 59.7 Å². The maximum Gasteiger partial charge on any atom is 0.407 e. The molecule has 0 spiro atoms. The van der Waals surface area contributed by atoms with E-state index in [2.05, 4.69) is 17.4 Å². The van der Waals surface area contributed by atoms with Crippen LogP contribution in [0.2, 0.25) is 0 Å². The first-order chi connectivity index (χ1) is 17.9. The first-order valence-electron chi connectivity index (χ1n) is 12.4. The summed E-state index contributed by atoms with van der Waals surface area (Å²) in [5.41, 5.74) is 4.48. The number of carbonyl (C=O) groups is 5. The third-order valence-electron chi connectivity index (χ3n) is 6.98. The number of imide groups is 1. The Labute approximate surface area is 213 Å². The number of amides is 4. The van der Waals surface area contributed by atoms with Crippen LogP contribution in [-0.4, -0.2) is 65.5 Å². The minimum Gasteiger partial charge on any atom is -0.449 e. The van der Waals surface area contributed by atoms with Crippen molar-refractivity contribution >= 4 is 29.8 Å².